The van der Waals surface area contributed by atoms with Crippen LogP contribution in [0.25, 0.3) is 0 Å². The zero-order chi connectivity index (χ0) is 13.7. The number of nitrogens with two attached hydrogens (primary N) is 1. The van der Waals surface area contributed by atoms with E-state index in [9.17, 15) is 0 Å². The highest BCUT2D eigenvalue weighted by Crippen LogP contribution is 2.29. The number of aryl methyl sites for hydroxylation is 1. The molecule has 6 heteroatoms. The second-order valence-electron chi connectivity index (χ2n) is 4.69. The predicted molar refractivity (Wildman–Crippen MR) is 75.9 cm³/mol. The van der Waals surface area contributed by atoms with Gasteiger partial charge in [0.05, 0.1) is 28.5 Å². The SMILES string of the molecule is CCCn1ncc(Br)c1C(NN)C(OC)C(C)C. The van der Waals surface area contributed by atoms with Gasteiger partial charge in [-0.1, -0.05) is 20.8 Å². The zero-order valence-electron chi connectivity index (χ0n) is 11.5. The molecule has 2 unspecified atom stereocenters. The van der Waals surface area contributed by atoms with Crippen molar-refractivity contribution >= 4 is 15.9 Å². The monoisotopic (exact) mass is 318 g/mol. The van der Waals surface area contributed by atoms with E-state index in [1.54, 1.807) is 7.11 Å². The maximum absolute atomic E-state index is 5.72. The lowest BCUT2D eigenvalue weighted by molar-refractivity contribution is 0.0298. The summed E-state index contributed by atoms with van der Waals surface area (Å²) >= 11 is 3.54. The number of halogens is 1. The van der Waals surface area contributed by atoms with Crippen LogP contribution in [-0.4, -0.2) is 23.0 Å². The molecule has 1 aromatic rings. The van der Waals surface area contributed by atoms with Gasteiger partial charge in [0, 0.05) is 13.7 Å². The molecule has 0 aromatic carbocycles. The Morgan fingerprint density at radius 1 is 1.56 bits per heavy atom. The first-order valence-electron chi connectivity index (χ1n) is 6.26. The molecule has 104 valence electrons. The summed E-state index contributed by atoms with van der Waals surface area (Å²) in [4.78, 5) is 0. The summed E-state index contributed by atoms with van der Waals surface area (Å²) in [5.74, 6) is 6.07. The van der Waals surface area contributed by atoms with Gasteiger partial charge in [-0.2, -0.15) is 5.10 Å². The Hall–Kier alpha value is -0.430. The molecule has 0 bridgehead atoms. The second kappa shape index (κ2) is 7.23. The molecule has 5 nitrogen and oxygen atoms in total. The Bertz CT molecular complexity index is 367. The third-order valence-electron chi connectivity index (χ3n) is 3.00. The van der Waals surface area contributed by atoms with Gasteiger partial charge in [-0.25, -0.2) is 5.43 Å². The van der Waals surface area contributed by atoms with Crippen LogP contribution in [0.3, 0.4) is 0 Å². The third kappa shape index (κ3) is 3.32. The Morgan fingerprint density at radius 3 is 2.67 bits per heavy atom. The number of hydrogen-bond donors (Lipinski definition) is 2. The molecule has 3 N–H and O–H groups in total. The lowest BCUT2D eigenvalue weighted by atomic mass is 9.97. The van der Waals surface area contributed by atoms with Crippen LogP contribution in [-0.2, 0) is 11.3 Å². The smallest absolute Gasteiger partial charge is 0.0904 e. The highest BCUT2D eigenvalue weighted by atomic mass is 79.9. The third-order valence-corrected chi connectivity index (χ3v) is 3.61. The highest BCUT2D eigenvalue weighted by molar-refractivity contribution is 9.10. The van der Waals surface area contributed by atoms with Gasteiger partial charge in [-0.15, -0.1) is 0 Å². The van der Waals surface area contributed by atoms with Gasteiger partial charge in [0.2, 0.25) is 0 Å². The first-order chi connectivity index (χ1) is 8.56. The van der Waals surface area contributed by atoms with E-state index < -0.39 is 0 Å². The summed E-state index contributed by atoms with van der Waals surface area (Å²) in [6.07, 6.45) is 2.83. The van der Waals surface area contributed by atoms with Gasteiger partial charge < -0.3 is 4.74 Å². The van der Waals surface area contributed by atoms with Gasteiger partial charge in [0.15, 0.2) is 0 Å². The standard InChI is InChI=1S/C12H23BrN4O/c1-5-6-17-11(9(13)7-15-17)10(16-14)12(18-4)8(2)3/h7-8,10,12,16H,5-6,14H2,1-4H3. The first-order valence-corrected chi connectivity index (χ1v) is 7.06. The van der Waals surface area contributed by atoms with Crippen LogP contribution in [0.15, 0.2) is 10.7 Å². The fourth-order valence-electron chi connectivity index (χ4n) is 2.19. The van der Waals surface area contributed by atoms with E-state index in [0.717, 1.165) is 23.1 Å². The molecular weight excluding hydrogens is 296 g/mol. The van der Waals surface area contributed by atoms with Crippen LogP contribution in [0, 0.1) is 5.92 Å². The summed E-state index contributed by atoms with van der Waals surface area (Å²) < 4.78 is 8.51. The molecule has 0 aliphatic rings. The fourth-order valence-corrected chi connectivity index (χ4v) is 2.74. The van der Waals surface area contributed by atoms with E-state index in [-0.39, 0.29) is 12.1 Å². The number of hydrazine groups is 1. The van der Waals surface area contributed by atoms with Crippen molar-refractivity contribution < 1.29 is 4.74 Å². The van der Waals surface area contributed by atoms with Crippen molar-refractivity contribution in [2.24, 2.45) is 11.8 Å². The maximum atomic E-state index is 5.72. The summed E-state index contributed by atoms with van der Waals surface area (Å²) in [7, 11) is 1.71. The maximum Gasteiger partial charge on any atom is 0.0904 e. The van der Waals surface area contributed by atoms with E-state index in [2.05, 4.69) is 47.2 Å². The molecule has 0 aliphatic carbocycles. The Morgan fingerprint density at radius 2 is 2.22 bits per heavy atom. The molecule has 0 saturated heterocycles. The van der Waals surface area contributed by atoms with Crippen molar-refractivity contribution in [1.82, 2.24) is 15.2 Å². The normalized spacial score (nSPS) is 15.1. The molecule has 18 heavy (non-hydrogen) atoms. The molecule has 0 amide bonds. The molecular formula is C12H23BrN4O. The molecule has 1 heterocycles. The molecule has 0 radical (unpaired) electrons. The van der Waals surface area contributed by atoms with E-state index >= 15 is 0 Å². The van der Waals surface area contributed by atoms with Gasteiger partial charge in [0.25, 0.3) is 0 Å². The van der Waals surface area contributed by atoms with Gasteiger partial charge in [-0.05, 0) is 28.3 Å². The van der Waals surface area contributed by atoms with Gasteiger partial charge in [0.1, 0.15) is 0 Å². The van der Waals surface area contributed by atoms with Crippen molar-refractivity contribution in [1.29, 1.82) is 0 Å². The van der Waals surface area contributed by atoms with Crippen molar-refractivity contribution in [2.45, 2.75) is 45.9 Å². The number of nitrogens with zero attached hydrogens (tertiary/aromatic N) is 2. The molecule has 0 aliphatic heterocycles. The fraction of sp³-hybridized carbons (Fsp3) is 0.750. The number of hydrogen-bond acceptors (Lipinski definition) is 4. The van der Waals surface area contributed by atoms with Crippen LogP contribution in [0.4, 0.5) is 0 Å². The molecule has 2 atom stereocenters. The van der Waals surface area contributed by atoms with E-state index in [0.29, 0.717) is 5.92 Å². The largest absolute Gasteiger partial charge is 0.379 e. The first kappa shape index (κ1) is 15.6. The quantitative estimate of drug-likeness (QED) is 0.597. The van der Waals surface area contributed by atoms with Crippen molar-refractivity contribution in [3.63, 3.8) is 0 Å². The Kier molecular flexibility index (Phi) is 6.28. The van der Waals surface area contributed by atoms with E-state index in [4.69, 9.17) is 10.6 Å². The number of ether oxygens (including phenoxy) is 1. The lowest BCUT2D eigenvalue weighted by Gasteiger charge is -2.29. The Labute approximate surface area is 117 Å². The van der Waals surface area contributed by atoms with Crippen molar-refractivity contribution in [3.05, 3.63) is 16.4 Å². The van der Waals surface area contributed by atoms with Gasteiger partial charge in [-0.3, -0.25) is 10.5 Å². The minimum Gasteiger partial charge on any atom is -0.379 e. The average Bonchev–Trinajstić information content (AvgIpc) is 2.68. The van der Waals surface area contributed by atoms with Crippen LogP contribution < -0.4 is 11.3 Å². The minimum atomic E-state index is -0.0848. The van der Waals surface area contributed by atoms with Crippen molar-refractivity contribution in [3.8, 4) is 0 Å². The van der Waals surface area contributed by atoms with E-state index in [1.807, 2.05) is 10.9 Å². The summed E-state index contributed by atoms with van der Waals surface area (Å²) in [5.41, 5.74) is 3.90. The highest BCUT2D eigenvalue weighted by Gasteiger charge is 2.29. The van der Waals surface area contributed by atoms with Crippen LogP contribution in [0.5, 0.6) is 0 Å². The topological polar surface area (TPSA) is 65.1 Å². The molecule has 0 fully saturated rings. The molecule has 1 rings (SSSR count). The number of aromatic nitrogens is 2. The number of methoxy groups -OCH3 is 1. The summed E-state index contributed by atoms with van der Waals surface area (Å²) in [5, 5.41) is 4.37. The predicted octanol–water partition coefficient (Wildman–Crippen LogP) is 2.23. The molecule has 0 spiro atoms. The number of rotatable bonds is 7. The average molecular weight is 319 g/mol. The van der Waals surface area contributed by atoms with Crippen molar-refractivity contribution in [2.75, 3.05) is 7.11 Å². The molecule has 1 aromatic heterocycles. The minimum absolute atomic E-state index is 0.00129. The summed E-state index contributed by atoms with van der Waals surface area (Å²) in [6, 6.07) is -0.0848. The number of nitrogens with one attached hydrogen (secondary N) is 1. The van der Waals surface area contributed by atoms with Gasteiger partial charge >= 0.3 is 0 Å². The summed E-state index contributed by atoms with van der Waals surface area (Å²) in [6.45, 7) is 7.23. The lowest BCUT2D eigenvalue weighted by Crippen LogP contribution is -2.41. The molecule has 0 saturated carbocycles. The van der Waals surface area contributed by atoms with Crippen LogP contribution in [0.2, 0.25) is 0 Å². The van der Waals surface area contributed by atoms with Crippen LogP contribution in [0.1, 0.15) is 38.9 Å². The second-order valence-corrected chi connectivity index (χ2v) is 5.54. The Balaban J connectivity index is 3.10. The van der Waals surface area contributed by atoms with Crippen LogP contribution >= 0.6 is 15.9 Å². The van der Waals surface area contributed by atoms with E-state index in [1.165, 1.54) is 0 Å². The zero-order valence-corrected chi connectivity index (χ0v) is 13.1.